The van der Waals surface area contributed by atoms with Crippen molar-refractivity contribution >= 4 is 5.91 Å². The van der Waals surface area contributed by atoms with Crippen LogP contribution < -0.4 is 10.2 Å². The van der Waals surface area contributed by atoms with Crippen molar-refractivity contribution < 1.29 is 13.9 Å². The van der Waals surface area contributed by atoms with Crippen molar-refractivity contribution in [3.63, 3.8) is 0 Å². The molecule has 1 unspecified atom stereocenters. The monoisotopic (exact) mass is 374 g/mol. The van der Waals surface area contributed by atoms with Crippen molar-refractivity contribution in [1.82, 2.24) is 9.80 Å². The van der Waals surface area contributed by atoms with Crippen LogP contribution in [0.5, 0.6) is 5.75 Å². The molecule has 1 amide bonds. The fourth-order valence-corrected chi connectivity index (χ4v) is 5.26. The highest BCUT2D eigenvalue weighted by Crippen LogP contribution is 2.41. The quantitative estimate of drug-likeness (QED) is 0.811. The first kappa shape index (κ1) is 18.5. The van der Waals surface area contributed by atoms with Gasteiger partial charge in [-0.15, -0.1) is 0 Å². The lowest BCUT2D eigenvalue weighted by Gasteiger charge is -2.49. The van der Waals surface area contributed by atoms with E-state index in [0.29, 0.717) is 30.7 Å². The Kier molecular flexibility index (Phi) is 5.26. The molecule has 0 radical (unpaired) electrons. The molecule has 148 valence electrons. The van der Waals surface area contributed by atoms with Crippen molar-refractivity contribution in [3.05, 3.63) is 28.3 Å². The number of carbonyl (C=O) groups is 1. The minimum Gasteiger partial charge on any atom is -0.490 e. The molecule has 4 rings (SSSR count). The number of ether oxygens (including phenoxy) is 1. The summed E-state index contributed by atoms with van der Waals surface area (Å²) in [6.45, 7) is 3.52. The largest absolute Gasteiger partial charge is 0.490 e. The molecule has 3 aliphatic rings. The molecule has 0 aromatic carbocycles. The van der Waals surface area contributed by atoms with Crippen molar-refractivity contribution in [2.45, 2.75) is 64.0 Å². The van der Waals surface area contributed by atoms with Crippen LogP contribution in [0, 0.1) is 5.41 Å². The summed E-state index contributed by atoms with van der Waals surface area (Å²) < 4.78 is 10.6. The maximum Gasteiger partial charge on any atom is 0.227 e. The van der Waals surface area contributed by atoms with Gasteiger partial charge in [0.2, 0.25) is 17.1 Å². The van der Waals surface area contributed by atoms with Gasteiger partial charge in [0.1, 0.15) is 12.0 Å². The van der Waals surface area contributed by atoms with Crippen molar-refractivity contribution in [3.8, 4) is 5.75 Å². The standard InChI is InChI=1S/C21H30N2O4/c1-26-19-13-27-17(11-18(19)24)12-22-10-4-8-21(14-22)9-7-20(25)23(15-21)16-5-2-3-6-16/h11,13,16H,2-10,12,14-15H2,1H3. The summed E-state index contributed by atoms with van der Waals surface area (Å²) in [5, 5.41) is 0. The normalized spacial score (nSPS) is 27.4. The first-order valence-electron chi connectivity index (χ1n) is 10.3. The lowest BCUT2D eigenvalue weighted by Crippen LogP contribution is -2.55. The van der Waals surface area contributed by atoms with Gasteiger partial charge in [-0.05, 0) is 38.6 Å². The molecule has 27 heavy (non-hydrogen) atoms. The smallest absolute Gasteiger partial charge is 0.227 e. The van der Waals surface area contributed by atoms with Crippen molar-refractivity contribution in [2.75, 3.05) is 26.7 Å². The molecular weight excluding hydrogens is 344 g/mol. The van der Waals surface area contributed by atoms with E-state index in [1.165, 1.54) is 51.5 Å². The SMILES string of the molecule is COc1coc(CN2CCCC3(CCC(=O)N(C4CCCC4)C3)C2)cc1=O. The minimum absolute atomic E-state index is 0.138. The predicted molar refractivity (Wildman–Crippen MR) is 102 cm³/mol. The fraction of sp³-hybridized carbons (Fsp3) is 0.714. The Balaban J connectivity index is 1.44. The van der Waals surface area contributed by atoms with Crippen molar-refractivity contribution in [1.29, 1.82) is 0 Å². The van der Waals surface area contributed by atoms with Gasteiger partial charge in [0.25, 0.3) is 0 Å². The van der Waals surface area contributed by atoms with E-state index >= 15 is 0 Å². The van der Waals surface area contributed by atoms with E-state index in [9.17, 15) is 9.59 Å². The van der Waals surface area contributed by atoms with Crippen LogP contribution in [-0.2, 0) is 11.3 Å². The molecule has 1 aromatic heterocycles. The number of methoxy groups -OCH3 is 1. The van der Waals surface area contributed by atoms with E-state index < -0.39 is 0 Å². The molecule has 6 heteroatoms. The van der Waals surface area contributed by atoms with Gasteiger partial charge in [0.05, 0.1) is 13.7 Å². The molecule has 0 bridgehead atoms. The van der Waals surface area contributed by atoms with Crippen LogP contribution in [0.4, 0.5) is 0 Å². The van der Waals surface area contributed by atoms with Crippen LogP contribution in [0.15, 0.2) is 21.5 Å². The molecule has 1 spiro atoms. The topological polar surface area (TPSA) is 63.0 Å². The zero-order valence-corrected chi connectivity index (χ0v) is 16.2. The van der Waals surface area contributed by atoms with Crippen LogP contribution in [0.1, 0.15) is 57.1 Å². The Morgan fingerprint density at radius 3 is 2.74 bits per heavy atom. The second-order valence-electron chi connectivity index (χ2n) is 8.55. The number of carbonyl (C=O) groups excluding carboxylic acids is 1. The molecule has 2 aliphatic heterocycles. The Labute approximate surface area is 160 Å². The van der Waals surface area contributed by atoms with Gasteiger partial charge in [-0.25, -0.2) is 0 Å². The van der Waals surface area contributed by atoms with E-state index in [4.69, 9.17) is 9.15 Å². The summed E-state index contributed by atoms with van der Waals surface area (Å²) in [4.78, 5) is 29.1. The number of likely N-dealkylation sites (tertiary alicyclic amines) is 2. The lowest BCUT2D eigenvalue weighted by molar-refractivity contribution is -0.142. The van der Waals surface area contributed by atoms with Crippen molar-refractivity contribution in [2.24, 2.45) is 5.41 Å². The number of nitrogens with zero attached hydrogens (tertiary/aromatic N) is 2. The van der Waals surface area contributed by atoms with Crippen LogP contribution in [0.2, 0.25) is 0 Å². The maximum absolute atomic E-state index is 12.5. The summed E-state index contributed by atoms with van der Waals surface area (Å²) >= 11 is 0. The molecule has 0 N–H and O–H groups in total. The average molecular weight is 374 g/mol. The zero-order chi connectivity index (χ0) is 18.9. The molecule has 1 aromatic rings. The molecule has 6 nitrogen and oxygen atoms in total. The van der Waals surface area contributed by atoms with Crippen LogP contribution in [0.25, 0.3) is 0 Å². The van der Waals surface area contributed by atoms with Crippen LogP contribution in [0.3, 0.4) is 0 Å². The molecule has 1 saturated carbocycles. The molecule has 3 heterocycles. The van der Waals surface area contributed by atoms with E-state index in [-0.39, 0.29) is 16.6 Å². The Morgan fingerprint density at radius 1 is 1.19 bits per heavy atom. The number of hydrogen-bond acceptors (Lipinski definition) is 5. The highest BCUT2D eigenvalue weighted by molar-refractivity contribution is 5.77. The van der Waals surface area contributed by atoms with E-state index in [2.05, 4.69) is 9.80 Å². The fourth-order valence-electron chi connectivity index (χ4n) is 5.26. The summed E-state index contributed by atoms with van der Waals surface area (Å²) in [7, 11) is 1.47. The van der Waals surface area contributed by atoms with Gasteiger partial charge < -0.3 is 14.1 Å². The maximum atomic E-state index is 12.5. The Bertz CT molecular complexity index is 740. The number of hydrogen-bond donors (Lipinski definition) is 0. The Hall–Kier alpha value is -1.82. The van der Waals surface area contributed by atoms with Gasteiger partial charge >= 0.3 is 0 Å². The first-order valence-corrected chi connectivity index (χ1v) is 10.3. The lowest BCUT2D eigenvalue weighted by atomic mass is 9.73. The third-order valence-corrected chi connectivity index (χ3v) is 6.65. The third-order valence-electron chi connectivity index (χ3n) is 6.65. The highest BCUT2D eigenvalue weighted by atomic mass is 16.5. The van der Waals surface area contributed by atoms with E-state index in [1.807, 2.05) is 0 Å². The second-order valence-corrected chi connectivity index (χ2v) is 8.55. The predicted octanol–water partition coefficient (Wildman–Crippen LogP) is 2.80. The van der Waals surface area contributed by atoms with Gasteiger partial charge in [-0.1, -0.05) is 12.8 Å². The summed E-state index contributed by atoms with van der Waals surface area (Å²) in [6, 6.07) is 2.00. The second kappa shape index (κ2) is 7.66. The van der Waals surface area contributed by atoms with Gasteiger partial charge in [-0.2, -0.15) is 0 Å². The minimum atomic E-state index is -0.138. The summed E-state index contributed by atoms with van der Waals surface area (Å²) in [5.74, 6) is 1.27. The van der Waals surface area contributed by atoms with Crippen LogP contribution >= 0.6 is 0 Å². The summed E-state index contributed by atoms with van der Waals surface area (Å²) in [5.41, 5.74) is 0.0581. The third kappa shape index (κ3) is 3.91. The van der Waals surface area contributed by atoms with E-state index in [0.717, 1.165) is 32.5 Å². The van der Waals surface area contributed by atoms with Gasteiger partial charge in [0, 0.05) is 37.0 Å². The molecule has 2 saturated heterocycles. The van der Waals surface area contributed by atoms with Gasteiger partial charge in [-0.3, -0.25) is 14.5 Å². The number of piperidine rings is 2. The van der Waals surface area contributed by atoms with E-state index in [1.54, 1.807) is 0 Å². The Morgan fingerprint density at radius 2 is 2.00 bits per heavy atom. The molecule has 3 fully saturated rings. The first-order chi connectivity index (χ1) is 13.1. The number of amides is 1. The van der Waals surface area contributed by atoms with Crippen LogP contribution in [-0.4, -0.2) is 48.5 Å². The van der Waals surface area contributed by atoms with Gasteiger partial charge in [0.15, 0.2) is 0 Å². The molecule has 1 atom stereocenters. The molecule has 1 aliphatic carbocycles. The summed E-state index contributed by atoms with van der Waals surface area (Å²) in [6.07, 6.45) is 10.2. The zero-order valence-electron chi connectivity index (χ0n) is 16.2. The molecular formula is C21H30N2O4. The number of rotatable bonds is 4. The average Bonchev–Trinajstić information content (AvgIpc) is 3.19. The highest BCUT2D eigenvalue weighted by Gasteiger charge is 2.43.